The van der Waals surface area contributed by atoms with Crippen LogP contribution in [0.25, 0.3) is 11.1 Å². The SMILES string of the molecule is COc1c(-c2ccc(F)cc2O)ccc(C)c1C. The highest BCUT2D eigenvalue weighted by molar-refractivity contribution is 5.77. The third kappa shape index (κ3) is 2.04. The Hall–Kier alpha value is -2.03. The van der Waals surface area contributed by atoms with Gasteiger partial charge in [-0.3, -0.25) is 0 Å². The van der Waals surface area contributed by atoms with Crippen molar-refractivity contribution in [2.75, 3.05) is 7.11 Å². The molecule has 0 aromatic heterocycles. The van der Waals surface area contributed by atoms with Crippen LogP contribution in [-0.2, 0) is 0 Å². The van der Waals surface area contributed by atoms with Gasteiger partial charge in [-0.15, -0.1) is 0 Å². The average molecular weight is 246 g/mol. The molecule has 0 heterocycles. The van der Waals surface area contributed by atoms with Gasteiger partial charge in [0.05, 0.1) is 7.11 Å². The number of rotatable bonds is 2. The lowest BCUT2D eigenvalue weighted by Crippen LogP contribution is -1.94. The molecule has 0 aliphatic carbocycles. The molecule has 2 aromatic carbocycles. The van der Waals surface area contributed by atoms with Gasteiger partial charge in [-0.05, 0) is 37.1 Å². The summed E-state index contributed by atoms with van der Waals surface area (Å²) in [4.78, 5) is 0. The molecular weight excluding hydrogens is 231 g/mol. The molecule has 3 heteroatoms. The average Bonchev–Trinajstić information content (AvgIpc) is 2.33. The highest BCUT2D eigenvalue weighted by Gasteiger charge is 2.13. The summed E-state index contributed by atoms with van der Waals surface area (Å²) in [5, 5.41) is 9.83. The first-order valence-electron chi connectivity index (χ1n) is 5.67. The first-order chi connectivity index (χ1) is 8.54. The summed E-state index contributed by atoms with van der Waals surface area (Å²) in [5.41, 5.74) is 3.45. The summed E-state index contributed by atoms with van der Waals surface area (Å²) >= 11 is 0. The van der Waals surface area contributed by atoms with Gasteiger partial charge in [0, 0.05) is 17.2 Å². The van der Waals surface area contributed by atoms with E-state index in [1.165, 1.54) is 6.07 Å². The van der Waals surface area contributed by atoms with Crippen molar-refractivity contribution >= 4 is 0 Å². The van der Waals surface area contributed by atoms with Crippen molar-refractivity contribution < 1.29 is 14.2 Å². The molecule has 0 aliphatic rings. The smallest absolute Gasteiger partial charge is 0.129 e. The number of aromatic hydroxyl groups is 1. The second-order valence-electron chi connectivity index (χ2n) is 4.25. The lowest BCUT2D eigenvalue weighted by atomic mass is 9.98. The standard InChI is InChI=1S/C15H15FO2/c1-9-4-6-13(15(18-3)10(9)2)12-7-5-11(16)8-14(12)17/h4-8,17H,1-3H3. The predicted octanol–water partition coefficient (Wildman–Crippen LogP) is 3.82. The van der Waals surface area contributed by atoms with E-state index < -0.39 is 5.82 Å². The van der Waals surface area contributed by atoms with Crippen molar-refractivity contribution in [2.24, 2.45) is 0 Å². The van der Waals surface area contributed by atoms with Crippen LogP contribution < -0.4 is 4.74 Å². The minimum absolute atomic E-state index is 0.0865. The third-order valence-corrected chi connectivity index (χ3v) is 3.13. The van der Waals surface area contributed by atoms with Crippen LogP contribution in [0.5, 0.6) is 11.5 Å². The Morgan fingerprint density at radius 2 is 1.72 bits per heavy atom. The topological polar surface area (TPSA) is 29.5 Å². The van der Waals surface area contributed by atoms with Gasteiger partial charge in [-0.2, -0.15) is 0 Å². The van der Waals surface area contributed by atoms with Crippen LogP contribution in [-0.4, -0.2) is 12.2 Å². The normalized spacial score (nSPS) is 10.4. The van der Waals surface area contributed by atoms with Gasteiger partial charge in [-0.1, -0.05) is 12.1 Å². The minimum atomic E-state index is -0.459. The summed E-state index contributed by atoms with van der Waals surface area (Å²) in [7, 11) is 1.59. The number of phenols is 1. The van der Waals surface area contributed by atoms with E-state index in [2.05, 4.69) is 0 Å². The zero-order valence-corrected chi connectivity index (χ0v) is 10.6. The van der Waals surface area contributed by atoms with E-state index in [0.29, 0.717) is 11.3 Å². The molecule has 1 N–H and O–H groups in total. The summed E-state index contributed by atoms with van der Waals surface area (Å²) in [6, 6.07) is 7.80. The molecule has 0 aliphatic heterocycles. The van der Waals surface area contributed by atoms with Crippen molar-refractivity contribution in [1.29, 1.82) is 0 Å². The number of ether oxygens (including phenoxy) is 1. The number of methoxy groups -OCH3 is 1. The van der Waals surface area contributed by atoms with Gasteiger partial charge in [-0.25, -0.2) is 4.39 Å². The van der Waals surface area contributed by atoms with Gasteiger partial charge in [0.1, 0.15) is 17.3 Å². The number of phenolic OH excluding ortho intramolecular Hbond substituents is 1. The second kappa shape index (κ2) is 4.69. The molecule has 0 radical (unpaired) electrons. The van der Waals surface area contributed by atoms with E-state index in [1.807, 2.05) is 26.0 Å². The number of aryl methyl sites for hydroxylation is 1. The van der Waals surface area contributed by atoms with Crippen molar-refractivity contribution in [3.05, 3.63) is 47.3 Å². The van der Waals surface area contributed by atoms with Gasteiger partial charge < -0.3 is 9.84 Å². The zero-order chi connectivity index (χ0) is 13.3. The van der Waals surface area contributed by atoms with E-state index in [1.54, 1.807) is 13.2 Å². The summed E-state index contributed by atoms with van der Waals surface area (Å²) < 4.78 is 18.4. The van der Waals surface area contributed by atoms with E-state index in [0.717, 1.165) is 22.8 Å². The lowest BCUT2D eigenvalue weighted by Gasteiger charge is -2.14. The van der Waals surface area contributed by atoms with Crippen LogP contribution >= 0.6 is 0 Å². The Bertz CT molecular complexity index is 591. The molecule has 0 spiro atoms. The van der Waals surface area contributed by atoms with Crippen LogP contribution in [0.15, 0.2) is 30.3 Å². The summed E-state index contributed by atoms with van der Waals surface area (Å²) in [6.07, 6.45) is 0. The Balaban J connectivity index is 2.67. The number of hydrogen-bond acceptors (Lipinski definition) is 2. The van der Waals surface area contributed by atoms with Crippen molar-refractivity contribution in [3.63, 3.8) is 0 Å². The molecule has 94 valence electrons. The molecule has 0 fully saturated rings. The zero-order valence-electron chi connectivity index (χ0n) is 10.6. The second-order valence-corrected chi connectivity index (χ2v) is 4.25. The molecule has 0 amide bonds. The van der Waals surface area contributed by atoms with Crippen LogP contribution in [0.4, 0.5) is 4.39 Å². The van der Waals surface area contributed by atoms with Gasteiger partial charge in [0.15, 0.2) is 0 Å². The fourth-order valence-electron chi connectivity index (χ4n) is 2.00. The van der Waals surface area contributed by atoms with E-state index in [9.17, 15) is 9.50 Å². The Morgan fingerprint density at radius 3 is 2.33 bits per heavy atom. The maximum Gasteiger partial charge on any atom is 0.129 e. The van der Waals surface area contributed by atoms with Gasteiger partial charge in [0.2, 0.25) is 0 Å². The van der Waals surface area contributed by atoms with Crippen molar-refractivity contribution in [3.8, 4) is 22.6 Å². The van der Waals surface area contributed by atoms with E-state index in [-0.39, 0.29) is 5.75 Å². The minimum Gasteiger partial charge on any atom is -0.507 e. The van der Waals surface area contributed by atoms with E-state index >= 15 is 0 Å². The number of benzene rings is 2. The van der Waals surface area contributed by atoms with Crippen LogP contribution in [0, 0.1) is 19.7 Å². The first-order valence-corrected chi connectivity index (χ1v) is 5.67. The Morgan fingerprint density at radius 1 is 1.06 bits per heavy atom. The van der Waals surface area contributed by atoms with Crippen molar-refractivity contribution in [2.45, 2.75) is 13.8 Å². The van der Waals surface area contributed by atoms with Gasteiger partial charge in [0.25, 0.3) is 0 Å². The highest BCUT2D eigenvalue weighted by atomic mass is 19.1. The first kappa shape index (κ1) is 12.4. The summed E-state index contributed by atoms with van der Waals surface area (Å²) in [6.45, 7) is 3.95. The quantitative estimate of drug-likeness (QED) is 0.872. The Kier molecular flexibility index (Phi) is 3.24. The third-order valence-electron chi connectivity index (χ3n) is 3.13. The highest BCUT2D eigenvalue weighted by Crippen LogP contribution is 2.38. The van der Waals surface area contributed by atoms with E-state index in [4.69, 9.17) is 4.74 Å². The van der Waals surface area contributed by atoms with Crippen LogP contribution in [0.3, 0.4) is 0 Å². The molecule has 0 bridgehead atoms. The molecule has 0 saturated carbocycles. The summed E-state index contributed by atoms with van der Waals surface area (Å²) in [5.74, 6) is 0.160. The maximum absolute atomic E-state index is 13.0. The largest absolute Gasteiger partial charge is 0.507 e. The molecule has 2 nitrogen and oxygen atoms in total. The van der Waals surface area contributed by atoms with Crippen LogP contribution in [0.2, 0.25) is 0 Å². The monoisotopic (exact) mass is 246 g/mol. The Labute approximate surface area is 106 Å². The fraction of sp³-hybridized carbons (Fsp3) is 0.200. The van der Waals surface area contributed by atoms with Gasteiger partial charge >= 0.3 is 0 Å². The molecular formula is C15H15FO2. The number of hydrogen-bond donors (Lipinski definition) is 1. The molecule has 0 atom stereocenters. The predicted molar refractivity (Wildman–Crippen MR) is 69.5 cm³/mol. The number of halogens is 1. The van der Waals surface area contributed by atoms with Crippen molar-refractivity contribution in [1.82, 2.24) is 0 Å². The lowest BCUT2D eigenvalue weighted by molar-refractivity contribution is 0.412. The molecule has 0 unspecified atom stereocenters. The molecule has 2 aromatic rings. The maximum atomic E-state index is 13.0. The fourth-order valence-corrected chi connectivity index (χ4v) is 2.00. The molecule has 18 heavy (non-hydrogen) atoms. The molecule has 2 rings (SSSR count). The van der Waals surface area contributed by atoms with Crippen LogP contribution in [0.1, 0.15) is 11.1 Å². The molecule has 0 saturated heterocycles.